The molecular formula is C16H17BrFN5O5S. The summed E-state index contributed by atoms with van der Waals surface area (Å²) in [5, 5.41) is 29.6. The molecule has 1 aliphatic rings. The molecule has 4 N–H and O–H groups in total. The number of carbonyl (C=O) groups excluding carboxylic acids is 1. The van der Waals surface area contributed by atoms with Crippen LogP contribution in [0.4, 0.5) is 10.1 Å². The Morgan fingerprint density at radius 2 is 2.28 bits per heavy atom. The number of aliphatic imine (C=N–C) groups is 1. The van der Waals surface area contributed by atoms with E-state index in [1.54, 1.807) is 0 Å². The molecule has 10 nitrogen and oxygen atoms in total. The second-order valence-corrected chi connectivity index (χ2v) is 7.80. The molecule has 0 bridgehead atoms. The van der Waals surface area contributed by atoms with Gasteiger partial charge in [0.1, 0.15) is 5.82 Å². The van der Waals surface area contributed by atoms with Gasteiger partial charge in [0.15, 0.2) is 16.6 Å². The molecule has 1 aliphatic heterocycles. The molecule has 2 aromatic rings. The number of nitrogens with zero attached hydrogens (tertiary/aromatic N) is 3. The molecule has 0 radical (unpaired) electrons. The summed E-state index contributed by atoms with van der Waals surface area (Å²) in [7, 11) is 0. The van der Waals surface area contributed by atoms with Crippen LogP contribution >= 0.6 is 27.7 Å². The molecule has 0 unspecified atom stereocenters. The number of amidine groups is 1. The third-order valence-electron chi connectivity index (χ3n) is 3.95. The molecule has 1 fully saturated rings. The largest absolute Gasteiger partial charge is 0.389 e. The van der Waals surface area contributed by atoms with Crippen LogP contribution in [0.2, 0.25) is 0 Å². The Hall–Kier alpha value is -2.06. The molecule has 156 valence electrons. The Kier molecular flexibility index (Phi) is 7.55. The summed E-state index contributed by atoms with van der Waals surface area (Å²) in [5.41, 5.74) is 2.32. The molecule has 1 amide bonds. The molecule has 2 heterocycles. The number of ether oxygens (including phenoxy) is 1. The van der Waals surface area contributed by atoms with Gasteiger partial charge in [-0.2, -0.15) is 0 Å². The quantitative estimate of drug-likeness (QED) is 0.205. The molecule has 1 aromatic carbocycles. The number of aliphatic hydroxyl groups excluding tert-OH is 1. The second kappa shape index (κ2) is 10.1. The first-order chi connectivity index (χ1) is 14.0. The van der Waals surface area contributed by atoms with Crippen LogP contribution in [-0.4, -0.2) is 63.5 Å². The number of aliphatic hydroxyl groups is 1. The van der Waals surface area contributed by atoms with Crippen LogP contribution in [0.15, 0.2) is 37.3 Å². The number of halogens is 2. The first-order valence-corrected chi connectivity index (χ1v) is 10.2. The SMILES string of the molecule is O=C(CSc1nonc1C(=Nc1ccc(F)c(Br)c1)NO)N[C@H]1CCOC[C@H]1O. The molecule has 2 atom stereocenters. The summed E-state index contributed by atoms with van der Waals surface area (Å²) in [5.74, 6) is -0.880. The van der Waals surface area contributed by atoms with Crippen molar-refractivity contribution in [3.8, 4) is 0 Å². The van der Waals surface area contributed by atoms with Crippen molar-refractivity contribution in [1.29, 1.82) is 0 Å². The molecule has 0 spiro atoms. The van der Waals surface area contributed by atoms with Crippen molar-refractivity contribution in [3.63, 3.8) is 0 Å². The number of thioether (sulfide) groups is 1. The van der Waals surface area contributed by atoms with Gasteiger partial charge in [-0.3, -0.25) is 15.5 Å². The van der Waals surface area contributed by atoms with Gasteiger partial charge in [0.2, 0.25) is 5.91 Å². The van der Waals surface area contributed by atoms with E-state index in [0.29, 0.717) is 18.7 Å². The minimum atomic E-state index is -0.755. The van der Waals surface area contributed by atoms with Crippen LogP contribution in [0.25, 0.3) is 0 Å². The standard InChI is InChI=1S/C16H17BrFN5O5S/c17-9-5-8(1-2-10(9)18)19-15(21-26)14-16(23-28-22-14)29-7-13(25)20-11-3-4-27-6-12(11)24/h1-2,5,11-12,24,26H,3-4,6-7H2,(H,19,21)(H,20,25)/t11-,12+/m0/s1. The van der Waals surface area contributed by atoms with Gasteiger partial charge in [0.05, 0.1) is 34.7 Å². The maximum absolute atomic E-state index is 13.4. The number of aromatic nitrogens is 2. The van der Waals surface area contributed by atoms with Crippen molar-refractivity contribution in [2.24, 2.45) is 4.99 Å². The minimum absolute atomic E-state index is 0.0217. The van der Waals surface area contributed by atoms with Gasteiger partial charge in [-0.15, -0.1) is 0 Å². The molecular weight excluding hydrogens is 473 g/mol. The van der Waals surface area contributed by atoms with Crippen LogP contribution in [0.5, 0.6) is 0 Å². The average molecular weight is 490 g/mol. The van der Waals surface area contributed by atoms with E-state index in [4.69, 9.17) is 9.37 Å². The van der Waals surface area contributed by atoms with E-state index >= 15 is 0 Å². The summed E-state index contributed by atoms with van der Waals surface area (Å²) in [6.07, 6.45) is -0.235. The van der Waals surface area contributed by atoms with E-state index < -0.39 is 11.9 Å². The van der Waals surface area contributed by atoms with Crippen LogP contribution in [0.1, 0.15) is 12.1 Å². The number of hydrogen-bond donors (Lipinski definition) is 4. The highest BCUT2D eigenvalue weighted by Gasteiger charge is 2.25. The van der Waals surface area contributed by atoms with Gasteiger partial charge in [0.25, 0.3) is 0 Å². The highest BCUT2D eigenvalue weighted by atomic mass is 79.9. The van der Waals surface area contributed by atoms with Crippen molar-refractivity contribution in [2.45, 2.75) is 23.6 Å². The first kappa shape index (κ1) is 21.6. The summed E-state index contributed by atoms with van der Waals surface area (Å²) in [6, 6.07) is 3.66. The molecule has 29 heavy (non-hydrogen) atoms. The highest BCUT2D eigenvalue weighted by molar-refractivity contribution is 9.10. The normalized spacial score (nSPS) is 19.8. The molecule has 3 rings (SSSR count). The Bertz CT molecular complexity index is 898. The smallest absolute Gasteiger partial charge is 0.230 e. The first-order valence-electron chi connectivity index (χ1n) is 8.42. The lowest BCUT2D eigenvalue weighted by Gasteiger charge is -2.28. The predicted octanol–water partition coefficient (Wildman–Crippen LogP) is 1.39. The molecule has 0 saturated carbocycles. The fraction of sp³-hybridized carbons (Fsp3) is 0.375. The van der Waals surface area contributed by atoms with Gasteiger partial charge in [-0.1, -0.05) is 11.8 Å². The zero-order valence-electron chi connectivity index (χ0n) is 14.8. The summed E-state index contributed by atoms with van der Waals surface area (Å²) >= 11 is 4.08. The topological polar surface area (TPSA) is 142 Å². The third kappa shape index (κ3) is 5.73. The van der Waals surface area contributed by atoms with Gasteiger partial charge in [-0.05, 0) is 50.9 Å². The van der Waals surface area contributed by atoms with E-state index in [1.807, 2.05) is 5.48 Å². The minimum Gasteiger partial charge on any atom is -0.389 e. The van der Waals surface area contributed by atoms with Gasteiger partial charge in [-0.25, -0.2) is 14.0 Å². The Morgan fingerprint density at radius 3 is 3.00 bits per heavy atom. The lowest BCUT2D eigenvalue weighted by molar-refractivity contribution is -0.121. The van der Waals surface area contributed by atoms with Crippen LogP contribution in [-0.2, 0) is 9.53 Å². The summed E-state index contributed by atoms with van der Waals surface area (Å²) < 4.78 is 23.4. The molecule has 1 saturated heterocycles. The maximum Gasteiger partial charge on any atom is 0.230 e. The lowest BCUT2D eigenvalue weighted by atomic mass is 10.1. The number of rotatable bonds is 6. The van der Waals surface area contributed by atoms with E-state index in [2.05, 4.69) is 36.6 Å². The zero-order valence-corrected chi connectivity index (χ0v) is 17.2. The van der Waals surface area contributed by atoms with Gasteiger partial charge in [0, 0.05) is 6.61 Å². The van der Waals surface area contributed by atoms with E-state index in [-0.39, 0.29) is 45.3 Å². The van der Waals surface area contributed by atoms with Crippen LogP contribution in [0.3, 0.4) is 0 Å². The van der Waals surface area contributed by atoms with Gasteiger partial charge >= 0.3 is 0 Å². The van der Waals surface area contributed by atoms with E-state index in [9.17, 15) is 19.5 Å². The number of nitrogens with one attached hydrogen (secondary N) is 2. The van der Waals surface area contributed by atoms with Gasteiger partial charge < -0.3 is 15.2 Å². The number of hydrogen-bond acceptors (Lipinski definition) is 9. The Morgan fingerprint density at radius 1 is 1.45 bits per heavy atom. The van der Waals surface area contributed by atoms with Crippen molar-refractivity contribution in [3.05, 3.63) is 34.2 Å². The number of hydroxylamine groups is 1. The highest BCUT2D eigenvalue weighted by Crippen LogP contribution is 2.24. The predicted molar refractivity (Wildman–Crippen MR) is 104 cm³/mol. The van der Waals surface area contributed by atoms with Crippen molar-refractivity contribution < 1.29 is 28.9 Å². The molecule has 1 aromatic heterocycles. The average Bonchev–Trinajstić information content (AvgIpc) is 3.17. The zero-order chi connectivity index (χ0) is 20.8. The van der Waals surface area contributed by atoms with Crippen LogP contribution in [0, 0.1) is 5.82 Å². The fourth-order valence-corrected chi connectivity index (χ4v) is 3.58. The lowest BCUT2D eigenvalue weighted by Crippen LogP contribution is -2.49. The van der Waals surface area contributed by atoms with Crippen molar-refractivity contribution in [2.75, 3.05) is 19.0 Å². The molecule has 13 heteroatoms. The summed E-state index contributed by atoms with van der Waals surface area (Å²) in [4.78, 5) is 16.3. The maximum atomic E-state index is 13.4. The third-order valence-corrected chi connectivity index (χ3v) is 5.50. The van der Waals surface area contributed by atoms with Crippen molar-refractivity contribution >= 4 is 45.1 Å². The number of benzene rings is 1. The Balaban J connectivity index is 1.66. The fourth-order valence-electron chi connectivity index (χ4n) is 2.51. The summed E-state index contributed by atoms with van der Waals surface area (Å²) in [6.45, 7) is 0.644. The van der Waals surface area contributed by atoms with E-state index in [0.717, 1.165) is 11.8 Å². The van der Waals surface area contributed by atoms with Crippen molar-refractivity contribution in [1.82, 2.24) is 21.1 Å². The van der Waals surface area contributed by atoms with E-state index in [1.165, 1.54) is 18.2 Å². The monoisotopic (exact) mass is 489 g/mol. The number of carbonyl (C=O) groups is 1. The second-order valence-electron chi connectivity index (χ2n) is 5.98. The van der Waals surface area contributed by atoms with Crippen LogP contribution < -0.4 is 10.8 Å². The number of amides is 1. The Labute approximate surface area is 177 Å². The molecule has 0 aliphatic carbocycles.